The van der Waals surface area contributed by atoms with Crippen LogP contribution in [-0.4, -0.2) is 64.4 Å². The van der Waals surface area contributed by atoms with Crippen molar-refractivity contribution in [1.29, 1.82) is 0 Å². The van der Waals surface area contributed by atoms with E-state index in [2.05, 4.69) is 55.8 Å². The Morgan fingerprint density at radius 1 is 1.06 bits per heavy atom. The summed E-state index contributed by atoms with van der Waals surface area (Å²) in [4.78, 5) is 15.3. The van der Waals surface area contributed by atoms with Crippen LogP contribution in [0.3, 0.4) is 0 Å². The van der Waals surface area contributed by atoms with Crippen molar-refractivity contribution < 1.29 is 12.8 Å². The third kappa shape index (κ3) is 7.67. The number of nitrogens with two attached hydrogens (primary N) is 1. The molecule has 1 saturated heterocycles. The maximum atomic E-state index is 14.7. The molecule has 0 bridgehead atoms. The lowest BCUT2D eigenvalue weighted by Gasteiger charge is -2.27. The molecule has 5 heterocycles. The van der Waals surface area contributed by atoms with E-state index in [1.54, 1.807) is 24.7 Å². The SMILES string of the molecule is CC(C)=C/C(=C\C(=C/N)c1ccc2[nH]nc(-c3cc4c(-c5cc(F)cc(CNS(C)(=O)=O)c5)cncc4[nH]3)c2n1)CN1CCCCC1. The second-order valence-corrected chi connectivity index (χ2v) is 14.2. The number of nitrogens with zero attached hydrogens (tertiary/aromatic N) is 4. The Kier molecular flexibility index (Phi) is 9.35. The van der Waals surface area contributed by atoms with Crippen molar-refractivity contribution in [3.8, 4) is 22.5 Å². The molecule has 6 rings (SSSR count). The average molecular weight is 655 g/mol. The van der Waals surface area contributed by atoms with E-state index in [4.69, 9.17) is 10.7 Å². The molecule has 0 saturated carbocycles. The van der Waals surface area contributed by atoms with Gasteiger partial charge in [0, 0.05) is 42.0 Å². The monoisotopic (exact) mass is 654 g/mol. The molecule has 4 aromatic heterocycles. The van der Waals surface area contributed by atoms with Crippen LogP contribution >= 0.6 is 0 Å². The summed E-state index contributed by atoms with van der Waals surface area (Å²) in [5.74, 6) is -0.475. The summed E-state index contributed by atoms with van der Waals surface area (Å²) >= 11 is 0. The van der Waals surface area contributed by atoms with Crippen LogP contribution in [-0.2, 0) is 16.6 Å². The zero-order valence-corrected chi connectivity index (χ0v) is 27.6. The van der Waals surface area contributed by atoms with Crippen molar-refractivity contribution in [2.45, 2.75) is 39.7 Å². The lowest BCUT2D eigenvalue weighted by molar-refractivity contribution is 0.248. The maximum absolute atomic E-state index is 14.7. The van der Waals surface area contributed by atoms with Gasteiger partial charge in [0.15, 0.2) is 0 Å². The molecule has 10 nitrogen and oxygen atoms in total. The Morgan fingerprint density at radius 2 is 1.87 bits per heavy atom. The third-order valence-corrected chi connectivity index (χ3v) is 8.83. The molecule has 0 radical (unpaired) electrons. The van der Waals surface area contributed by atoms with E-state index in [1.807, 2.05) is 18.2 Å². The lowest BCUT2D eigenvalue weighted by Crippen LogP contribution is -2.31. The summed E-state index contributed by atoms with van der Waals surface area (Å²) in [6, 6.07) is 10.3. The number of aromatic amines is 2. The van der Waals surface area contributed by atoms with Crippen LogP contribution in [0.5, 0.6) is 0 Å². The number of aromatic nitrogens is 5. The molecular weight excluding hydrogens is 616 g/mol. The number of hydrogen-bond donors (Lipinski definition) is 4. The van der Waals surface area contributed by atoms with Gasteiger partial charge in [-0.25, -0.2) is 22.5 Å². The van der Waals surface area contributed by atoms with Crippen LogP contribution < -0.4 is 10.5 Å². The molecule has 0 spiro atoms. The summed E-state index contributed by atoms with van der Waals surface area (Å²) in [6.45, 7) is 7.22. The van der Waals surface area contributed by atoms with Gasteiger partial charge in [0.05, 0.1) is 34.9 Å². The molecule has 0 amide bonds. The number of piperidine rings is 1. The predicted octanol–water partition coefficient (Wildman–Crippen LogP) is 6.03. The van der Waals surface area contributed by atoms with Crippen molar-refractivity contribution >= 4 is 37.5 Å². The minimum absolute atomic E-state index is 0.0266. The lowest BCUT2D eigenvalue weighted by atomic mass is 10.0. The first-order valence-electron chi connectivity index (χ1n) is 15.6. The Hall–Kier alpha value is -4.65. The van der Waals surface area contributed by atoms with Gasteiger partial charge in [-0.15, -0.1) is 0 Å². The number of sulfonamides is 1. The number of pyridine rings is 2. The summed E-state index contributed by atoms with van der Waals surface area (Å²) in [6.07, 6.45) is 14.1. The van der Waals surface area contributed by atoms with Gasteiger partial charge in [-0.3, -0.25) is 15.0 Å². The van der Waals surface area contributed by atoms with Gasteiger partial charge in [-0.2, -0.15) is 5.10 Å². The normalized spacial score (nSPS) is 15.1. The number of halogens is 1. The predicted molar refractivity (Wildman–Crippen MR) is 186 cm³/mol. The zero-order chi connectivity index (χ0) is 33.1. The van der Waals surface area contributed by atoms with E-state index < -0.39 is 15.8 Å². The van der Waals surface area contributed by atoms with E-state index in [9.17, 15) is 12.8 Å². The van der Waals surface area contributed by atoms with Gasteiger partial charge in [-0.05, 0) is 99.0 Å². The standard InChI is InChI=1S/C35H39FN8O2S/c1-22(2)11-24(21-44-9-5-4-6-10-44)13-26(17-37)30-7-8-31-34(41-30)35(43-42-31)32-16-28-29(19-38-20-33(28)40-32)25-12-23(14-27(36)15-25)18-39-47(3,45)46/h7-8,11-17,19-20,39-40H,4-6,9-10,18,21,37H2,1-3H3,(H,42,43)/b24-13+,26-17+. The highest BCUT2D eigenvalue weighted by Gasteiger charge is 2.18. The van der Waals surface area contributed by atoms with E-state index in [0.717, 1.165) is 53.6 Å². The second-order valence-electron chi connectivity index (χ2n) is 12.3. The summed E-state index contributed by atoms with van der Waals surface area (Å²) in [5, 5.41) is 8.49. The number of nitrogens with one attached hydrogen (secondary N) is 3. The quantitative estimate of drug-likeness (QED) is 0.135. The maximum Gasteiger partial charge on any atom is 0.209 e. The number of fused-ring (bicyclic) bond motifs is 2. The average Bonchev–Trinajstić information content (AvgIpc) is 3.66. The fourth-order valence-electron chi connectivity index (χ4n) is 6.07. The molecular formula is C35H39FN8O2S. The molecule has 1 aliphatic rings. The number of allylic oxidation sites excluding steroid dienone is 3. The van der Waals surface area contributed by atoms with Crippen LogP contribution in [0.2, 0.25) is 0 Å². The Bertz CT molecular complexity index is 2140. The van der Waals surface area contributed by atoms with Crippen molar-refractivity contribution in [2.75, 3.05) is 25.9 Å². The Labute approximate surface area is 273 Å². The van der Waals surface area contributed by atoms with E-state index >= 15 is 0 Å². The van der Waals surface area contributed by atoms with Gasteiger partial charge < -0.3 is 10.7 Å². The number of likely N-dealkylation sites (tertiary alicyclic amines) is 1. The highest BCUT2D eigenvalue weighted by Crippen LogP contribution is 2.34. The minimum atomic E-state index is -3.44. The highest BCUT2D eigenvalue weighted by atomic mass is 32.2. The molecule has 1 aromatic carbocycles. The zero-order valence-electron chi connectivity index (χ0n) is 26.8. The second kappa shape index (κ2) is 13.6. The highest BCUT2D eigenvalue weighted by molar-refractivity contribution is 7.88. The van der Waals surface area contributed by atoms with E-state index in [-0.39, 0.29) is 6.54 Å². The topological polar surface area (TPSA) is 146 Å². The fraction of sp³-hybridized carbons (Fsp3) is 0.286. The Balaban J connectivity index is 1.36. The van der Waals surface area contributed by atoms with Gasteiger partial charge in [0.25, 0.3) is 0 Å². The van der Waals surface area contributed by atoms with Gasteiger partial charge in [0.2, 0.25) is 10.0 Å². The molecule has 1 aliphatic heterocycles. The molecule has 1 fully saturated rings. The summed E-state index contributed by atoms with van der Waals surface area (Å²) < 4.78 is 40.3. The smallest absolute Gasteiger partial charge is 0.209 e. The molecule has 5 N–H and O–H groups in total. The van der Waals surface area contributed by atoms with E-state index in [0.29, 0.717) is 33.6 Å². The summed E-state index contributed by atoms with van der Waals surface area (Å²) in [7, 11) is -3.44. The van der Waals surface area contributed by atoms with Crippen LogP contribution in [0, 0.1) is 5.82 Å². The van der Waals surface area contributed by atoms with Crippen molar-refractivity contribution in [1.82, 2.24) is 34.8 Å². The van der Waals surface area contributed by atoms with Crippen LogP contribution in [0.4, 0.5) is 4.39 Å². The van der Waals surface area contributed by atoms with E-state index in [1.165, 1.54) is 42.5 Å². The van der Waals surface area contributed by atoms with Gasteiger partial charge in [0.1, 0.15) is 17.0 Å². The van der Waals surface area contributed by atoms with Gasteiger partial charge in [-0.1, -0.05) is 18.1 Å². The third-order valence-electron chi connectivity index (χ3n) is 8.16. The molecule has 244 valence electrons. The summed E-state index contributed by atoms with van der Waals surface area (Å²) in [5.41, 5.74) is 15.4. The van der Waals surface area contributed by atoms with Crippen molar-refractivity contribution in [3.05, 3.63) is 95.4 Å². The van der Waals surface area contributed by atoms with Crippen molar-refractivity contribution in [2.24, 2.45) is 5.73 Å². The van der Waals surface area contributed by atoms with Crippen LogP contribution in [0.15, 0.2) is 78.3 Å². The largest absolute Gasteiger partial charge is 0.404 e. The molecule has 12 heteroatoms. The van der Waals surface area contributed by atoms with Crippen LogP contribution in [0.25, 0.3) is 50.0 Å². The fourth-order valence-corrected chi connectivity index (χ4v) is 6.49. The van der Waals surface area contributed by atoms with Crippen LogP contribution in [0.1, 0.15) is 44.4 Å². The number of hydrogen-bond acceptors (Lipinski definition) is 7. The molecule has 0 unspecified atom stereocenters. The number of rotatable bonds is 10. The van der Waals surface area contributed by atoms with Gasteiger partial charge >= 0.3 is 0 Å². The number of benzene rings is 1. The number of H-pyrrole nitrogens is 2. The minimum Gasteiger partial charge on any atom is -0.404 e. The molecule has 47 heavy (non-hydrogen) atoms. The molecule has 0 aliphatic carbocycles. The first kappa shape index (κ1) is 32.3. The van der Waals surface area contributed by atoms with Crippen molar-refractivity contribution in [3.63, 3.8) is 0 Å². The Morgan fingerprint density at radius 3 is 2.62 bits per heavy atom. The first-order valence-corrected chi connectivity index (χ1v) is 17.5. The first-order chi connectivity index (χ1) is 22.6. The molecule has 0 atom stereocenters. The molecule has 5 aromatic rings.